The van der Waals surface area contributed by atoms with E-state index in [1.54, 1.807) is 0 Å². The molecule has 2 aliphatic heterocycles. The Balaban J connectivity index is 1.60. The van der Waals surface area contributed by atoms with Crippen molar-refractivity contribution in [3.05, 3.63) is 74.4 Å². The molecule has 164 valence electrons. The van der Waals surface area contributed by atoms with E-state index in [0.29, 0.717) is 18.4 Å². The van der Waals surface area contributed by atoms with Crippen LogP contribution in [0.5, 0.6) is 0 Å². The monoisotopic (exact) mass is 429 g/mol. The van der Waals surface area contributed by atoms with Crippen molar-refractivity contribution in [2.24, 2.45) is 0 Å². The summed E-state index contributed by atoms with van der Waals surface area (Å²) in [5, 5.41) is 3.69. The van der Waals surface area contributed by atoms with Crippen LogP contribution in [0.3, 0.4) is 0 Å². The molecule has 7 heteroatoms. The van der Waals surface area contributed by atoms with Gasteiger partial charge in [-0.1, -0.05) is 43.2 Å². The molecule has 0 saturated heterocycles. The fourth-order valence-electron chi connectivity index (χ4n) is 4.70. The maximum Gasteiger partial charge on any atom is 0.349 e. The van der Waals surface area contributed by atoms with Gasteiger partial charge in [-0.25, -0.2) is 9.78 Å². The Kier molecular flexibility index (Phi) is 5.47. The topological polar surface area (TPSA) is 92.7 Å². The summed E-state index contributed by atoms with van der Waals surface area (Å²) in [5.41, 5.74) is 4.11. The van der Waals surface area contributed by atoms with Gasteiger partial charge in [-0.2, -0.15) is 4.98 Å². The maximum absolute atomic E-state index is 12.5. The summed E-state index contributed by atoms with van der Waals surface area (Å²) in [7, 11) is 0. The number of fused-ring (bicyclic) bond motifs is 2. The lowest BCUT2D eigenvalue weighted by Crippen LogP contribution is -2.29. The number of hydrogen-bond acceptors (Lipinski definition) is 5. The van der Waals surface area contributed by atoms with E-state index in [9.17, 15) is 9.59 Å². The van der Waals surface area contributed by atoms with Gasteiger partial charge in [0.15, 0.2) is 11.5 Å². The van der Waals surface area contributed by atoms with Crippen LogP contribution in [0.1, 0.15) is 43.2 Å². The molecule has 5 rings (SSSR count). The third-order valence-corrected chi connectivity index (χ3v) is 6.36. The second kappa shape index (κ2) is 8.57. The minimum absolute atomic E-state index is 0.202. The predicted octanol–water partition coefficient (Wildman–Crippen LogP) is 3.88. The number of rotatable bonds is 6. The van der Waals surface area contributed by atoms with Crippen LogP contribution in [-0.4, -0.2) is 25.6 Å². The molecule has 2 N–H and O–H groups in total. The van der Waals surface area contributed by atoms with Crippen LogP contribution < -0.4 is 16.6 Å². The fraction of sp³-hybridized carbons (Fsp3) is 0.360. The van der Waals surface area contributed by atoms with Gasteiger partial charge in [0.05, 0.1) is 11.0 Å². The van der Waals surface area contributed by atoms with Crippen molar-refractivity contribution in [3.8, 4) is 11.5 Å². The van der Waals surface area contributed by atoms with E-state index in [2.05, 4.69) is 45.4 Å². The fourth-order valence-corrected chi connectivity index (χ4v) is 4.70. The first kappa shape index (κ1) is 20.4. The molecule has 1 fully saturated rings. The summed E-state index contributed by atoms with van der Waals surface area (Å²) in [5.74, 6) is 0.343. The van der Waals surface area contributed by atoms with Crippen LogP contribution in [0.15, 0.2) is 52.1 Å². The molecule has 32 heavy (non-hydrogen) atoms. The molecule has 1 aliphatic carbocycles. The molecule has 0 spiro atoms. The van der Waals surface area contributed by atoms with Gasteiger partial charge in [0.1, 0.15) is 0 Å². The van der Waals surface area contributed by atoms with Crippen molar-refractivity contribution >= 4 is 16.7 Å². The summed E-state index contributed by atoms with van der Waals surface area (Å²) < 4.78 is 1.98. The van der Waals surface area contributed by atoms with Gasteiger partial charge < -0.3 is 9.88 Å². The number of aromatic nitrogens is 4. The highest BCUT2D eigenvalue weighted by Gasteiger charge is 2.21. The predicted molar refractivity (Wildman–Crippen MR) is 126 cm³/mol. The SMILES string of the molecule is Cc1cc2nc3c(=O)[nH]c(=O)nc-3n(CCCc3ccccc3)c2cc1NC1CCCC1. The summed E-state index contributed by atoms with van der Waals surface area (Å²) in [6.45, 7) is 2.69. The first-order valence-electron chi connectivity index (χ1n) is 11.3. The summed E-state index contributed by atoms with van der Waals surface area (Å²) >= 11 is 0. The van der Waals surface area contributed by atoms with Crippen LogP contribution in [0.4, 0.5) is 5.69 Å². The zero-order valence-electron chi connectivity index (χ0n) is 18.2. The van der Waals surface area contributed by atoms with Crippen molar-refractivity contribution in [1.82, 2.24) is 19.5 Å². The zero-order chi connectivity index (χ0) is 22.1. The third kappa shape index (κ3) is 4.02. The quantitative estimate of drug-likeness (QED) is 0.454. The van der Waals surface area contributed by atoms with E-state index in [4.69, 9.17) is 0 Å². The average Bonchev–Trinajstić information content (AvgIpc) is 3.29. The first-order valence-corrected chi connectivity index (χ1v) is 11.3. The Labute approximate surface area is 185 Å². The second-order valence-corrected chi connectivity index (χ2v) is 8.68. The third-order valence-electron chi connectivity index (χ3n) is 6.36. The molecule has 2 aromatic rings. The molecule has 0 radical (unpaired) electrons. The van der Waals surface area contributed by atoms with Gasteiger partial charge in [0.25, 0.3) is 5.56 Å². The van der Waals surface area contributed by atoms with E-state index in [0.717, 1.165) is 35.1 Å². The van der Waals surface area contributed by atoms with E-state index in [-0.39, 0.29) is 5.69 Å². The van der Waals surface area contributed by atoms with Crippen molar-refractivity contribution in [2.45, 2.75) is 58.0 Å². The molecule has 0 amide bonds. The molecule has 1 saturated carbocycles. The van der Waals surface area contributed by atoms with Gasteiger partial charge in [0, 0.05) is 18.3 Å². The standard InChI is InChI=1S/C25H27N5O2/c1-16-14-20-21(15-19(16)26-18-11-5-6-12-18)30(13-7-10-17-8-3-2-4-9-17)23-22(27-20)24(31)29-25(32)28-23/h2-4,8-9,14-15,18,26H,5-7,10-13H2,1H3,(H,29,31,32). The summed E-state index contributed by atoms with van der Waals surface area (Å²) in [6, 6.07) is 14.9. The minimum Gasteiger partial charge on any atom is -0.382 e. The Bertz CT molecular complexity index is 1340. The number of nitrogens with one attached hydrogen (secondary N) is 2. The number of nitrogens with zero attached hydrogens (tertiary/aromatic N) is 3. The van der Waals surface area contributed by atoms with E-state index < -0.39 is 11.2 Å². The van der Waals surface area contributed by atoms with Crippen molar-refractivity contribution in [3.63, 3.8) is 0 Å². The summed E-state index contributed by atoms with van der Waals surface area (Å²) in [6.07, 6.45) is 6.63. The van der Waals surface area contributed by atoms with Crippen LogP contribution in [0.25, 0.3) is 22.6 Å². The Morgan fingerprint density at radius 3 is 2.66 bits per heavy atom. The highest BCUT2D eigenvalue weighted by Crippen LogP contribution is 2.29. The molecule has 0 aromatic heterocycles. The Morgan fingerprint density at radius 1 is 1.09 bits per heavy atom. The lowest BCUT2D eigenvalue weighted by atomic mass is 10.1. The number of anilines is 1. The molecule has 0 atom stereocenters. The lowest BCUT2D eigenvalue weighted by molar-refractivity contribution is 0.648. The zero-order valence-corrected chi connectivity index (χ0v) is 18.2. The van der Waals surface area contributed by atoms with Crippen molar-refractivity contribution in [1.29, 1.82) is 0 Å². The van der Waals surface area contributed by atoms with Crippen molar-refractivity contribution < 1.29 is 0 Å². The number of aromatic amines is 1. The van der Waals surface area contributed by atoms with Gasteiger partial charge in [-0.3, -0.25) is 9.78 Å². The van der Waals surface area contributed by atoms with E-state index in [1.165, 1.54) is 31.2 Å². The molecule has 0 unspecified atom stereocenters. The van der Waals surface area contributed by atoms with Gasteiger partial charge in [-0.05, 0) is 55.9 Å². The maximum atomic E-state index is 12.5. The molecule has 0 bridgehead atoms. The minimum atomic E-state index is -0.642. The van der Waals surface area contributed by atoms with Crippen LogP contribution in [0.2, 0.25) is 0 Å². The second-order valence-electron chi connectivity index (χ2n) is 8.68. The smallest absolute Gasteiger partial charge is 0.349 e. The van der Waals surface area contributed by atoms with E-state index in [1.807, 2.05) is 28.8 Å². The Hall–Kier alpha value is -3.48. The molecule has 2 aromatic carbocycles. The number of aryl methyl sites for hydroxylation is 3. The van der Waals surface area contributed by atoms with Crippen LogP contribution in [0, 0.1) is 6.92 Å². The molecular weight excluding hydrogens is 402 g/mol. The number of benzene rings is 2. The lowest BCUT2D eigenvalue weighted by Gasteiger charge is -2.20. The van der Waals surface area contributed by atoms with Gasteiger partial charge in [0.2, 0.25) is 0 Å². The van der Waals surface area contributed by atoms with Crippen LogP contribution >= 0.6 is 0 Å². The molecular formula is C25H27N5O2. The van der Waals surface area contributed by atoms with E-state index >= 15 is 0 Å². The average molecular weight is 430 g/mol. The molecule has 7 nitrogen and oxygen atoms in total. The Morgan fingerprint density at radius 2 is 1.88 bits per heavy atom. The van der Waals surface area contributed by atoms with Gasteiger partial charge >= 0.3 is 5.69 Å². The van der Waals surface area contributed by atoms with Gasteiger partial charge in [-0.15, -0.1) is 0 Å². The number of hydrogen-bond donors (Lipinski definition) is 2. The normalized spacial score (nSPS) is 14.4. The first-order chi connectivity index (χ1) is 15.6. The highest BCUT2D eigenvalue weighted by atomic mass is 16.2. The molecule has 2 heterocycles. The highest BCUT2D eigenvalue weighted by molar-refractivity contribution is 5.84. The van der Waals surface area contributed by atoms with Crippen molar-refractivity contribution in [2.75, 3.05) is 5.32 Å². The van der Waals surface area contributed by atoms with Crippen LogP contribution in [-0.2, 0) is 13.0 Å². The summed E-state index contributed by atoms with van der Waals surface area (Å²) in [4.78, 5) is 35.5. The number of H-pyrrole nitrogens is 1. The molecule has 3 aliphatic rings. The largest absolute Gasteiger partial charge is 0.382 e.